The average molecular weight is 491 g/mol. The van der Waals surface area contributed by atoms with Gasteiger partial charge >= 0.3 is 5.97 Å². The maximum absolute atomic E-state index is 13.3. The molecule has 0 radical (unpaired) electrons. The number of halogens is 1. The normalized spacial score (nSPS) is 23.4. The van der Waals surface area contributed by atoms with Crippen LogP contribution < -0.4 is 5.32 Å². The average Bonchev–Trinajstić information content (AvgIpc) is 2.68. The maximum Gasteiger partial charge on any atom is 0.337 e. The number of nitrogens with one attached hydrogen (secondary N) is 1. The van der Waals surface area contributed by atoms with Gasteiger partial charge in [0.2, 0.25) is 0 Å². The van der Waals surface area contributed by atoms with Gasteiger partial charge in [0, 0.05) is 32.9 Å². The Morgan fingerprint density at radius 2 is 1.86 bits per heavy atom. The van der Waals surface area contributed by atoms with Gasteiger partial charge in [-0.1, -0.05) is 24.6 Å². The molecule has 5 heteroatoms. The van der Waals surface area contributed by atoms with Crippen molar-refractivity contribution in [2.45, 2.75) is 70.3 Å². The van der Waals surface area contributed by atoms with Gasteiger partial charge in [0.15, 0.2) is 5.78 Å². The van der Waals surface area contributed by atoms with Crippen LogP contribution in [-0.4, -0.2) is 17.9 Å². The lowest BCUT2D eigenvalue weighted by Crippen LogP contribution is -2.35. The van der Waals surface area contributed by atoms with E-state index in [2.05, 4.69) is 27.9 Å². The van der Waals surface area contributed by atoms with Gasteiger partial charge in [-0.15, -0.1) is 0 Å². The van der Waals surface area contributed by atoms with Crippen molar-refractivity contribution >= 4 is 34.3 Å². The summed E-state index contributed by atoms with van der Waals surface area (Å²) in [5, 5.41) is 3.37. The molecule has 0 saturated heterocycles. The minimum atomic E-state index is -0.340. The first-order valence-electron chi connectivity index (χ1n) is 10.3. The number of Topliss-reactive ketones (excluding diaryl/α,β-unsaturated/α-hetero) is 1. The number of hydrogen-bond donors (Lipinski definition) is 1. The van der Waals surface area contributed by atoms with Crippen molar-refractivity contribution in [3.05, 3.63) is 55.9 Å². The second kappa shape index (κ2) is 8.39. The molecule has 1 unspecified atom stereocenters. The van der Waals surface area contributed by atoms with E-state index in [4.69, 9.17) is 4.74 Å². The molecule has 1 fully saturated rings. The van der Waals surface area contributed by atoms with Crippen molar-refractivity contribution < 1.29 is 14.3 Å². The molecule has 1 aromatic rings. The van der Waals surface area contributed by atoms with E-state index >= 15 is 0 Å². The molecule has 28 heavy (non-hydrogen) atoms. The standard InChI is InChI=1S/C23H26INO3/c1-14-20(23(27)28-15-8-3-2-4-9-15)21(16-10-5-6-11-17(16)24)22-18(25-14)12-7-13-19(22)26/h5-6,10-11,15,21,25H,2-4,7-9,12-13H2,1H3. The monoisotopic (exact) mass is 491 g/mol. The Bertz CT molecular complexity index is 864. The number of benzene rings is 1. The Balaban J connectivity index is 1.75. The van der Waals surface area contributed by atoms with Gasteiger partial charge in [-0.2, -0.15) is 0 Å². The molecule has 0 spiro atoms. The van der Waals surface area contributed by atoms with Crippen molar-refractivity contribution in [2.75, 3.05) is 0 Å². The molecular weight excluding hydrogens is 465 g/mol. The highest BCUT2D eigenvalue weighted by Crippen LogP contribution is 2.44. The van der Waals surface area contributed by atoms with E-state index in [1.54, 1.807) is 0 Å². The van der Waals surface area contributed by atoms with Gasteiger partial charge in [-0.3, -0.25) is 4.79 Å². The number of allylic oxidation sites excluding steroid dienone is 3. The minimum absolute atomic E-state index is 0.00511. The highest BCUT2D eigenvalue weighted by Gasteiger charge is 2.40. The maximum atomic E-state index is 13.3. The second-order valence-corrected chi connectivity index (χ2v) is 9.11. The molecule has 3 aliphatic rings. The van der Waals surface area contributed by atoms with Crippen LogP contribution in [0, 0.1) is 3.57 Å². The van der Waals surface area contributed by atoms with Crippen LogP contribution in [0.2, 0.25) is 0 Å². The SMILES string of the molecule is CC1=C(C(=O)OC2CCCCC2)C(c2ccccc2I)C2=C(CCCC2=O)N1. The number of esters is 1. The summed E-state index contributed by atoms with van der Waals surface area (Å²) in [5.74, 6) is -0.464. The van der Waals surface area contributed by atoms with Crippen LogP contribution in [-0.2, 0) is 14.3 Å². The Morgan fingerprint density at radius 1 is 1.11 bits per heavy atom. The third-order valence-electron chi connectivity index (χ3n) is 6.04. The van der Waals surface area contributed by atoms with E-state index in [1.807, 2.05) is 31.2 Å². The van der Waals surface area contributed by atoms with Crippen LogP contribution in [0.5, 0.6) is 0 Å². The predicted molar refractivity (Wildman–Crippen MR) is 117 cm³/mol. The quantitative estimate of drug-likeness (QED) is 0.471. The van der Waals surface area contributed by atoms with Gasteiger partial charge in [-0.25, -0.2) is 4.79 Å². The summed E-state index contributed by atoms with van der Waals surface area (Å²) in [6, 6.07) is 8.03. The third kappa shape index (κ3) is 3.78. The highest BCUT2D eigenvalue weighted by atomic mass is 127. The molecule has 0 bridgehead atoms. The summed E-state index contributed by atoms with van der Waals surface area (Å²) in [6.07, 6.45) is 7.57. The second-order valence-electron chi connectivity index (χ2n) is 7.95. The molecule has 1 aliphatic heterocycles. The Kier molecular flexibility index (Phi) is 5.90. The highest BCUT2D eigenvalue weighted by molar-refractivity contribution is 14.1. The summed E-state index contributed by atoms with van der Waals surface area (Å²) in [5.41, 5.74) is 4.18. The number of hydrogen-bond acceptors (Lipinski definition) is 4. The fraction of sp³-hybridized carbons (Fsp3) is 0.478. The first kappa shape index (κ1) is 19.7. The first-order chi connectivity index (χ1) is 13.6. The summed E-state index contributed by atoms with van der Waals surface area (Å²) in [6.45, 7) is 1.93. The number of rotatable bonds is 3. The van der Waals surface area contributed by atoms with Crippen LogP contribution in [0.25, 0.3) is 0 Å². The number of carbonyl (C=O) groups is 2. The molecule has 1 heterocycles. The number of ketones is 1. The molecule has 4 rings (SSSR count). The molecule has 2 aliphatic carbocycles. The van der Waals surface area contributed by atoms with Crippen molar-refractivity contribution in [2.24, 2.45) is 0 Å². The van der Waals surface area contributed by atoms with Gasteiger partial charge in [0.1, 0.15) is 6.10 Å². The number of ether oxygens (including phenoxy) is 1. The van der Waals surface area contributed by atoms with E-state index in [0.717, 1.165) is 64.6 Å². The summed E-state index contributed by atoms with van der Waals surface area (Å²) >= 11 is 2.30. The summed E-state index contributed by atoms with van der Waals surface area (Å²) in [7, 11) is 0. The Hall–Kier alpha value is -1.63. The van der Waals surface area contributed by atoms with E-state index < -0.39 is 0 Å². The fourth-order valence-electron chi connectivity index (χ4n) is 4.67. The van der Waals surface area contributed by atoms with Gasteiger partial charge < -0.3 is 10.1 Å². The molecule has 0 amide bonds. The Morgan fingerprint density at radius 3 is 2.61 bits per heavy atom. The molecule has 1 atom stereocenters. The molecule has 1 saturated carbocycles. The lowest BCUT2D eigenvalue weighted by molar-refractivity contribution is -0.146. The smallest absolute Gasteiger partial charge is 0.337 e. The van der Waals surface area contributed by atoms with Gasteiger partial charge in [0.25, 0.3) is 0 Å². The van der Waals surface area contributed by atoms with Crippen molar-refractivity contribution in [3.8, 4) is 0 Å². The van der Waals surface area contributed by atoms with Crippen LogP contribution in [0.3, 0.4) is 0 Å². The zero-order valence-electron chi connectivity index (χ0n) is 16.2. The van der Waals surface area contributed by atoms with Gasteiger partial charge in [-0.05, 0) is 79.7 Å². The van der Waals surface area contributed by atoms with E-state index in [0.29, 0.717) is 12.0 Å². The minimum Gasteiger partial charge on any atom is -0.459 e. The molecule has 1 aromatic carbocycles. The van der Waals surface area contributed by atoms with Gasteiger partial charge in [0.05, 0.1) is 5.57 Å². The van der Waals surface area contributed by atoms with Crippen molar-refractivity contribution in [3.63, 3.8) is 0 Å². The van der Waals surface area contributed by atoms with Crippen LogP contribution in [0.15, 0.2) is 46.8 Å². The van der Waals surface area contributed by atoms with Crippen LogP contribution >= 0.6 is 22.6 Å². The van der Waals surface area contributed by atoms with Crippen molar-refractivity contribution in [1.29, 1.82) is 0 Å². The molecule has 4 nitrogen and oxygen atoms in total. The molecule has 0 aromatic heterocycles. The number of carbonyl (C=O) groups excluding carboxylic acids is 2. The molecule has 1 N–H and O–H groups in total. The molecule has 148 valence electrons. The van der Waals surface area contributed by atoms with Crippen molar-refractivity contribution in [1.82, 2.24) is 5.32 Å². The first-order valence-corrected chi connectivity index (χ1v) is 11.3. The zero-order valence-corrected chi connectivity index (χ0v) is 18.4. The lowest BCUT2D eigenvalue weighted by Gasteiger charge is -2.35. The topological polar surface area (TPSA) is 55.4 Å². The van der Waals surface area contributed by atoms with Crippen LogP contribution in [0.4, 0.5) is 0 Å². The summed E-state index contributed by atoms with van der Waals surface area (Å²) < 4.78 is 7.00. The predicted octanol–water partition coefficient (Wildman–Crippen LogP) is 5.14. The van der Waals surface area contributed by atoms with E-state index in [1.165, 1.54) is 6.42 Å². The lowest BCUT2D eigenvalue weighted by atomic mass is 9.75. The zero-order chi connectivity index (χ0) is 19.7. The Labute approximate surface area is 179 Å². The largest absolute Gasteiger partial charge is 0.459 e. The van der Waals surface area contributed by atoms with Crippen LogP contribution in [0.1, 0.15) is 69.8 Å². The van der Waals surface area contributed by atoms with E-state index in [-0.39, 0.29) is 23.8 Å². The molecular formula is C23H26INO3. The third-order valence-corrected chi connectivity index (χ3v) is 7.02. The summed E-state index contributed by atoms with van der Waals surface area (Å²) in [4.78, 5) is 26.2. The van der Waals surface area contributed by atoms with E-state index in [9.17, 15) is 9.59 Å². The number of dihydropyridines is 1. The fourth-order valence-corrected chi connectivity index (χ4v) is 5.37.